The molecule has 1 heterocycles. The summed E-state index contributed by atoms with van der Waals surface area (Å²) in [6.07, 6.45) is 1.81. The zero-order valence-corrected chi connectivity index (χ0v) is 9.45. The molecule has 1 rings (SSSR count). The van der Waals surface area contributed by atoms with E-state index in [1.807, 2.05) is 12.3 Å². The number of rotatable bonds is 0. The van der Waals surface area contributed by atoms with E-state index in [2.05, 4.69) is 4.98 Å². The molecule has 0 radical (unpaired) electrons. The third-order valence-electron chi connectivity index (χ3n) is 0.556. The molecule has 0 spiro atoms. The molecule has 0 saturated carbocycles. The van der Waals surface area contributed by atoms with Crippen LogP contribution in [0.3, 0.4) is 0 Å². The second-order valence-electron chi connectivity index (χ2n) is 1.05. The van der Waals surface area contributed by atoms with Crippen LogP contribution in [-0.2, 0) is 0 Å². The number of hydrogen-bond acceptors (Lipinski definition) is 2. The van der Waals surface area contributed by atoms with E-state index in [-0.39, 0.29) is 58.8 Å². The molecule has 40 valence electrons. The summed E-state index contributed by atoms with van der Waals surface area (Å²) >= 11 is 1.67. The van der Waals surface area contributed by atoms with Gasteiger partial charge in [0, 0.05) is 11.6 Å². The van der Waals surface area contributed by atoms with Crippen LogP contribution in [0.4, 0.5) is 0 Å². The molecule has 3 heteroatoms. The predicted octanol–water partition coefficient (Wildman–Crippen LogP) is -1.09. The van der Waals surface area contributed by atoms with Crippen LogP contribution in [0, 0.1) is 14.4 Å². The molecule has 0 unspecified atom stereocenters. The molecule has 0 aliphatic carbocycles. The zero-order chi connectivity index (χ0) is 4.41. The predicted molar refractivity (Wildman–Crippen MR) is 33.3 cm³/mol. The number of thiazole rings is 1. The van der Waals surface area contributed by atoms with Crippen molar-refractivity contribution in [3.63, 3.8) is 0 Å². The molecule has 0 amide bonds. The average molecular weight is 153 g/mol. The zero-order valence-electron chi connectivity index (χ0n) is 5.51. The van der Waals surface area contributed by atoms with E-state index in [1.54, 1.807) is 17.5 Å². The molecule has 8 heavy (non-hydrogen) atoms. The number of aryl methyl sites for hydroxylation is 1. The third-order valence-corrected chi connectivity index (χ3v) is 1.26. The fraction of sp³-hybridized carbons (Fsp3) is 0.200. The van der Waals surface area contributed by atoms with E-state index in [0.29, 0.717) is 0 Å². The molecular formula is C5H8KNS. The van der Waals surface area contributed by atoms with Crippen LogP contribution in [0.5, 0.6) is 0 Å². The van der Waals surface area contributed by atoms with Crippen LogP contribution in [0.2, 0.25) is 0 Å². The first-order valence-electron chi connectivity index (χ1n) is 1.75. The Kier molecular flexibility index (Phi) is 9.57. The van der Waals surface area contributed by atoms with Gasteiger partial charge in [0.1, 0.15) is 0 Å². The topological polar surface area (TPSA) is 12.9 Å². The van der Waals surface area contributed by atoms with Crippen molar-refractivity contribution in [1.29, 1.82) is 0 Å². The molecule has 1 aromatic rings. The molecular weight excluding hydrogens is 145 g/mol. The Hall–Kier alpha value is 1.27. The molecule has 0 fully saturated rings. The van der Waals surface area contributed by atoms with Gasteiger partial charge in [0.2, 0.25) is 0 Å². The van der Waals surface area contributed by atoms with Crippen LogP contribution in [0.25, 0.3) is 0 Å². The van der Waals surface area contributed by atoms with Crippen molar-refractivity contribution in [2.45, 2.75) is 6.92 Å². The third kappa shape index (κ3) is 4.18. The number of nitrogens with zero attached hydrogens (tertiary/aromatic N) is 1. The molecule has 0 bridgehead atoms. The Morgan fingerprint density at radius 3 is 2.38 bits per heavy atom. The summed E-state index contributed by atoms with van der Waals surface area (Å²) in [6, 6.07) is 0. The normalized spacial score (nSPS) is 6.62. The molecule has 1 aromatic heterocycles. The van der Waals surface area contributed by atoms with Crippen molar-refractivity contribution in [3.8, 4) is 0 Å². The van der Waals surface area contributed by atoms with Gasteiger partial charge in [0.05, 0.1) is 5.01 Å². The van der Waals surface area contributed by atoms with E-state index < -0.39 is 0 Å². The minimum atomic E-state index is 0. The first-order chi connectivity index (χ1) is 2.89. The Bertz CT molecular complexity index is 116. The summed E-state index contributed by atoms with van der Waals surface area (Å²) in [5.74, 6) is 0. The van der Waals surface area contributed by atoms with Crippen molar-refractivity contribution in [2.24, 2.45) is 0 Å². The van der Waals surface area contributed by atoms with Gasteiger partial charge in [0.15, 0.2) is 0 Å². The maximum atomic E-state index is 3.94. The van der Waals surface area contributed by atoms with Gasteiger partial charge in [-0.2, -0.15) is 0 Å². The smallest absolute Gasteiger partial charge is 0.358 e. The summed E-state index contributed by atoms with van der Waals surface area (Å²) in [5, 5.41) is 3.10. The second-order valence-corrected chi connectivity index (χ2v) is 2.15. The molecule has 0 atom stereocenters. The van der Waals surface area contributed by atoms with Gasteiger partial charge < -0.3 is 7.43 Å². The molecule has 0 aliphatic heterocycles. The Morgan fingerprint density at radius 1 is 1.62 bits per heavy atom. The van der Waals surface area contributed by atoms with Gasteiger partial charge in [-0.05, 0) is 6.92 Å². The van der Waals surface area contributed by atoms with Crippen LogP contribution < -0.4 is 51.4 Å². The first-order valence-corrected chi connectivity index (χ1v) is 2.63. The fourth-order valence-corrected chi connectivity index (χ4v) is 0.735. The maximum Gasteiger partial charge on any atom is 1.00 e. The monoisotopic (exact) mass is 153 g/mol. The van der Waals surface area contributed by atoms with Gasteiger partial charge >= 0.3 is 51.4 Å². The number of hydrogen-bond donors (Lipinski definition) is 0. The molecule has 0 aromatic carbocycles. The van der Waals surface area contributed by atoms with E-state index in [9.17, 15) is 0 Å². The van der Waals surface area contributed by atoms with Crippen molar-refractivity contribution in [2.75, 3.05) is 0 Å². The SMILES string of the molecule is Cc1nccs1.[CH3-].[K+]. The molecule has 0 N–H and O–H groups in total. The van der Waals surface area contributed by atoms with E-state index in [0.717, 1.165) is 5.01 Å². The first kappa shape index (κ1) is 12.0. The van der Waals surface area contributed by atoms with E-state index in [1.165, 1.54) is 0 Å². The Labute approximate surface area is 96.9 Å². The van der Waals surface area contributed by atoms with E-state index >= 15 is 0 Å². The van der Waals surface area contributed by atoms with Crippen LogP contribution in [-0.4, -0.2) is 4.98 Å². The molecule has 0 aliphatic rings. The summed E-state index contributed by atoms with van der Waals surface area (Å²) in [7, 11) is 0. The fourth-order valence-electron chi connectivity index (χ4n) is 0.295. The van der Waals surface area contributed by atoms with Crippen LogP contribution in [0.1, 0.15) is 5.01 Å². The van der Waals surface area contributed by atoms with Crippen molar-refractivity contribution < 1.29 is 51.4 Å². The average Bonchev–Trinajstić information content (AvgIpc) is 1.86. The van der Waals surface area contributed by atoms with Crippen molar-refractivity contribution in [1.82, 2.24) is 4.98 Å². The number of aromatic nitrogens is 1. The summed E-state index contributed by atoms with van der Waals surface area (Å²) < 4.78 is 0. The Morgan fingerprint density at radius 2 is 2.25 bits per heavy atom. The van der Waals surface area contributed by atoms with Gasteiger partial charge in [-0.3, -0.25) is 4.98 Å². The van der Waals surface area contributed by atoms with Crippen molar-refractivity contribution in [3.05, 3.63) is 24.0 Å². The van der Waals surface area contributed by atoms with Gasteiger partial charge in [-0.1, -0.05) is 0 Å². The molecule has 1 nitrogen and oxygen atoms in total. The van der Waals surface area contributed by atoms with Gasteiger partial charge in [-0.15, -0.1) is 11.3 Å². The summed E-state index contributed by atoms with van der Waals surface area (Å²) in [5.41, 5.74) is 0. The minimum Gasteiger partial charge on any atom is -0.358 e. The quantitative estimate of drug-likeness (QED) is 0.341. The minimum absolute atomic E-state index is 0. The van der Waals surface area contributed by atoms with Gasteiger partial charge in [0.25, 0.3) is 0 Å². The summed E-state index contributed by atoms with van der Waals surface area (Å²) in [4.78, 5) is 3.94. The maximum absolute atomic E-state index is 3.94. The Balaban J connectivity index is 0. The standard InChI is InChI=1S/C4H5NS.CH3.K/c1-4-5-2-3-6-4;;/h2-3H,1H3;1H3;/q;-1;+1. The van der Waals surface area contributed by atoms with Crippen molar-refractivity contribution >= 4 is 11.3 Å². The second kappa shape index (κ2) is 6.39. The largest absolute Gasteiger partial charge is 1.00 e. The van der Waals surface area contributed by atoms with Gasteiger partial charge in [-0.25, -0.2) is 0 Å². The van der Waals surface area contributed by atoms with Crippen LogP contribution in [0.15, 0.2) is 11.6 Å². The van der Waals surface area contributed by atoms with Crippen LogP contribution >= 0.6 is 11.3 Å². The summed E-state index contributed by atoms with van der Waals surface area (Å²) in [6.45, 7) is 1.99. The van der Waals surface area contributed by atoms with E-state index in [4.69, 9.17) is 0 Å². The molecule has 0 saturated heterocycles.